The van der Waals surface area contributed by atoms with Gasteiger partial charge in [0.2, 0.25) is 0 Å². The number of methoxy groups -OCH3 is 1. The number of ether oxygens (including phenoxy) is 2. The third-order valence-electron chi connectivity index (χ3n) is 4.16. The van der Waals surface area contributed by atoms with Gasteiger partial charge in [0.05, 0.1) is 13.2 Å². The molecular formula is C15H31NO2. The van der Waals surface area contributed by atoms with E-state index in [2.05, 4.69) is 26.2 Å². The summed E-state index contributed by atoms with van der Waals surface area (Å²) in [5.74, 6) is 2.58. The molecule has 1 aliphatic rings. The predicted octanol–water partition coefficient (Wildman–Crippen LogP) is 2.70. The van der Waals surface area contributed by atoms with Gasteiger partial charge in [0.1, 0.15) is 0 Å². The molecule has 18 heavy (non-hydrogen) atoms. The Morgan fingerprint density at radius 3 is 2.28 bits per heavy atom. The lowest BCUT2D eigenvalue weighted by Crippen LogP contribution is -2.38. The average molecular weight is 257 g/mol. The van der Waals surface area contributed by atoms with E-state index in [0.717, 1.165) is 30.8 Å². The Morgan fingerprint density at radius 1 is 1.06 bits per heavy atom. The highest BCUT2D eigenvalue weighted by atomic mass is 16.5. The molecule has 0 amide bonds. The summed E-state index contributed by atoms with van der Waals surface area (Å²) in [5, 5.41) is 3.49. The Morgan fingerprint density at radius 2 is 1.72 bits per heavy atom. The van der Waals surface area contributed by atoms with Crippen LogP contribution in [0.25, 0.3) is 0 Å². The largest absolute Gasteiger partial charge is 0.382 e. The van der Waals surface area contributed by atoms with Gasteiger partial charge >= 0.3 is 0 Å². The van der Waals surface area contributed by atoms with Gasteiger partial charge in [0.15, 0.2) is 0 Å². The van der Waals surface area contributed by atoms with Crippen molar-refractivity contribution in [1.82, 2.24) is 5.32 Å². The maximum absolute atomic E-state index is 5.59. The fourth-order valence-corrected chi connectivity index (χ4v) is 3.41. The number of hydrogen-bond acceptors (Lipinski definition) is 3. The monoisotopic (exact) mass is 257 g/mol. The van der Waals surface area contributed by atoms with Crippen LogP contribution < -0.4 is 5.32 Å². The van der Waals surface area contributed by atoms with Crippen molar-refractivity contribution in [3.63, 3.8) is 0 Å². The molecule has 3 nitrogen and oxygen atoms in total. The van der Waals surface area contributed by atoms with E-state index in [-0.39, 0.29) is 0 Å². The van der Waals surface area contributed by atoms with Crippen LogP contribution in [0.4, 0.5) is 0 Å². The standard InChI is InChI=1S/C15H31NO2/c1-12-9-13(2)11-14(10-12)15(16-3)5-6-18-8-7-17-4/h12-16H,5-11H2,1-4H3. The molecule has 3 unspecified atom stereocenters. The summed E-state index contributed by atoms with van der Waals surface area (Å²) in [6.45, 7) is 7.04. The van der Waals surface area contributed by atoms with Gasteiger partial charge in [-0.1, -0.05) is 13.8 Å². The lowest BCUT2D eigenvalue weighted by molar-refractivity contribution is 0.0592. The molecule has 1 saturated carbocycles. The summed E-state index contributed by atoms with van der Waals surface area (Å²) in [4.78, 5) is 0. The van der Waals surface area contributed by atoms with Gasteiger partial charge in [0, 0.05) is 19.8 Å². The fourth-order valence-electron chi connectivity index (χ4n) is 3.41. The van der Waals surface area contributed by atoms with Crippen molar-refractivity contribution in [2.75, 3.05) is 34.0 Å². The molecule has 0 aliphatic heterocycles. The number of hydrogen-bond donors (Lipinski definition) is 1. The Labute approximate surface area is 113 Å². The topological polar surface area (TPSA) is 30.5 Å². The molecule has 108 valence electrons. The quantitative estimate of drug-likeness (QED) is 0.678. The van der Waals surface area contributed by atoms with E-state index in [4.69, 9.17) is 9.47 Å². The average Bonchev–Trinajstić information content (AvgIpc) is 2.32. The van der Waals surface area contributed by atoms with Crippen molar-refractivity contribution in [2.24, 2.45) is 17.8 Å². The maximum Gasteiger partial charge on any atom is 0.0700 e. The van der Waals surface area contributed by atoms with Crippen LogP contribution in [-0.2, 0) is 9.47 Å². The van der Waals surface area contributed by atoms with Crippen LogP contribution in [0.15, 0.2) is 0 Å². The molecule has 1 fully saturated rings. The first-order valence-electron chi connectivity index (χ1n) is 7.41. The van der Waals surface area contributed by atoms with E-state index in [1.54, 1.807) is 7.11 Å². The highest BCUT2D eigenvalue weighted by Crippen LogP contribution is 2.35. The van der Waals surface area contributed by atoms with Crippen molar-refractivity contribution in [2.45, 2.75) is 45.6 Å². The van der Waals surface area contributed by atoms with Gasteiger partial charge in [-0.2, -0.15) is 0 Å². The molecule has 1 aliphatic carbocycles. The molecule has 0 spiro atoms. The fraction of sp³-hybridized carbons (Fsp3) is 1.00. The second-order valence-corrected chi connectivity index (χ2v) is 5.97. The maximum atomic E-state index is 5.59. The zero-order valence-corrected chi connectivity index (χ0v) is 12.6. The minimum atomic E-state index is 0.609. The van der Waals surface area contributed by atoms with Crippen molar-refractivity contribution < 1.29 is 9.47 Å². The minimum absolute atomic E-state index is 0.609. The van der Waals surface area contributed by atoms with Crippen LogP contribution in [0.2, 0.25) is 0 Å². The van der Waals surface area contributed by atoms with E-state index in [1.807, 2.05) is 0 Å². The van der Waals surface area contributed by atoms with Crippen LogP contribution in [-0.4, -0.2) is 40.0 Å². The smallest absolute Gasteiger partial charge is 0.0700 e. The Kier molecular flexibility index (Phi) is 7.87. The van der Waals surface area contributed by atoms with Crippen molar-refractivity contribution >= 4 is 0 Å². The Hall–Kier alpha value is -0.120. The Balaban J connectivity index is 2.26. The van der Waals surface area contributed by atoms with E-state index in [9.17, 15) is 0 Å². The normalized spacial score (nSPS) is 30.3. The second kappa shape index (κ2) is 8.89. The summed E-state index contributed by atoms with van der Waals surface area (Å²) in [7, 11) is 3.80. The van der Waals surface area contributed by atoms with Gasteiger partial charge in [-0.3, -0.25) is 0 Å². The van der Waals surface area contributed by atoms with E-state index in [1.165, 1.54) is 19.3 Å². The number of nitrogens with one attached hydrogen (secondary N) is 1. The van der Waals surface area contributed by atoms with Crippen LogP contribution >= 0.6 is 0 Å². The van der Waals surface area contributed by atoms with Gasteiger partial charge in [-0.25, -0.2) is 0 Å². The highest BCUT2D eigenvalue weighted by molar-refractivity contribution is 4.83. The van der Waals surface area contributed by atoms with E-state index >= 15 is 0 Å². The highest BCUT2D eigenvalue weighted by Gasteiger charge is 2.28. The minimum Gasteiger partial charge on any atom is -0.382 e. The van der Waals surface area contributed by atoms with E-state index < -0.39 is 0 Å². The van der Waals surface area contributed by atoms with Crippen molar-refractivity contribution in [3.8, 4) is 0 Å². The lowest BCUT2D eigenvalue weighted by Gasteiger charge is -2.36. The van der Waals surface area contributed by atoms with Crippen molar-refractivity contribution in [1.29, 1.82) is 0 Å². The predicted molar refractivity (Wildman–Crippen MR) is 75.8 cm³/mol. The molecule has 0 bridgehead atoms. The van der Waals surface area contributed by atoms with Gasteiger partial charge < -0.3 is 14.8 Å². The Bertz CT molecular complexity index is 201. The molecule has 0 aromatic rings. The molecule has 0 radical (unpaired) electrons. The first-order valence-corrected chi connectivity index (χ1v) is 7.41. The summed E-state index contributed by atoms with van der Waals surface area (Å²) >= 11 is 0. The van der Waals surface area contributed by atoms with Crippen molar-refractivity contribution in [3.05, 3.63) is 0 Å². The van der Waals surface area contributed by atoms with Gasteiger partial charge in [-0.05, 0) is 50.5 Å². The molecular weight excluding hydrogens is 226 g/mol. The zero-order chi connectivity index (χ0) is 13.4. The summed E-state index contributed by atoms with van der Waals surface area (Å²) in [6.07, 6.45) is 5.25. The molecule has 1 N–H and O–H groups in total. The first-order chi connectivity index (χ1) is 8.67. The molecule has 0 heterocycles. The SMILES string of the molecule is CNC(CCOCCOC)C1CC(C)CC(C)C1. The van der Waals surface area contributed by atoms with Gasteiger partial charge in [-0.15, -0.1) is 0 Å². The summed E-state index contributed by atoms with van der Waals surface area (Å²) in [6, 6.07) is 0.609. The molecule has 1 rings (SSSR count). The second-order valence-electron chi connectivity index (χ2n) is 5.97. The zero-order valence-electron chi connectivity index (χ0n) is 12.6. The lowest BCUT2D eigenvalue weighted by atomic mass is 9.73. The first kappa shape index (κ1) is 15.9. The molecule has 0 aromatic heterocycles. The third kappa shape index (κ3) is 5.68. The van der Waals surface area contributed by atoms with Crippen LogP contribution in [0.3, 0.4) is 0 Å². The van der Waals surface area contributed by atoms with Crippen LogP contribution in [0.1, 0.15) is 39.5 Å². The molecule has 3 atom stereocenters. The third-order valence-corrected chi connectivity index (χ3v) is 4.16. The van der Waals surface area contributed by atoms with Gasteiger partial charge in [0.25, 0.3) is 0 Å². The summed E-state index contributed by atoms with van der Waals surface area (Å²) in [5.41, 5.74) is 0. The molecule has 0 saturated heterocycles. The van der Waals surface area contributed by atoms with E-state index in [0.29, 0.717) is 19.3 Å². The summed E-state index contributed by atoms with van der Waals surface area (Å²) < 4.78 is 10.6. The molecule has 3 heteroatoms. The number of rotatable bonds is 8. The van der Waals surface area contributed by atoms with Crippen LogP contribution in [0, 0.1) is 17.8 Å². The van der Waals surface area contributed by atoms with Crippen LogP contribution in [0.5, 0.6) is 0 Å². The molecule has 0 aromatic carbocycles.